The van der Waals surface area contributed by atoms with Gasteiger partial charge in [0.15, 0.2) is 11.5 Å². The number of fused-ring (bicyclic) bond motifs is 1. The summed E-state index contributed by atoms with van der Waals surface area (Å²) >= 11 is 6.14. The second kappa shape index (κ2) is 7.17. The molecule has 0 spiro atoms. The number of rotatable bonds is 4. The number of hydrogen-bond acceptors (Lipinski definition) is 6. The van der Waals surface area contributed by atoms with Crippen molar-refractivity contribution in [3.63, 3.8) is 0 Å². The van der Waals surface area contributed by atoms with Crippen molar-refractivity contribution in [2.24, 2.45) is 0 Å². The number of pyridine rings is 1. The maximum absolute atomic E-state index is 12.7. The van der Waals surface area contributed by atoms with Gasteiger partial charge in [-0.15, -0.1) is 0 Å². The third-order valence-corrected chi connectivity index (χ3v) is 4.40. The molecule has 0 amide bonds. The zero-order chi connectivity index (χ0) is 20.6. The van der Waals surface area contributed by atoms with Crippen LogP contribution in [-0.4, -0.2) is 29.4 Å². The lowest BCUT2D eigenvalue weighted by atomic mass is 10.3. The molecule has 0 atom stereocenters. The summed E-state index contributed by atoms with van der Waals surface area (Å²) in [5.74, 6) is -0.0798. The van der Waals surface area contributed by atoms with Crippen molar-refractivity contribution >= 4 is 22.9 Å². The summed E-state index contributed by atoms with van der Waals surface area (Å²) in [6, 6.07) is 5.36. The lowest BCUT2D eigenvalue weighted by molar-refractivity contribution is -0.137. The van der Waals surface area contributed by atoms with E-state index in [2.05, 4.69) is 25.5 Å². The lowest BCUT2D eigenvalue weighted by Crippen LogP contribution is -2.24. The largest absolute Gasteiger partial charge is 0.417 e. The third-order valence-electron chi connectivity index (χ3n) is 4.04. The van der Waals surface area contributed by atoms with Crippen LogP contribution in [0.4, 0.5) is 18.9 Å². The fraction of sp³-hybridized carbons (Fsp3) is 0.118. The summed E-state index contributed by atoms with van der Waals surface area (Å²) in [5, 5.41) is 10.9. The van der Waals surface area contributed by atoms with Crippen LogP contribution in [0.15, 0.2) is 53.8 Å². The Labute approximate surface area is 165 Å². The summed E-state index contributed by atoms with van der Waals surface area (Å²) in [6.07, 6.45) is 0.635. The minimum Gasteiger partial charge on any atom is -0.377 e. The van der Waals surface area contributed by atoms with Crippen molar-refractivity contribution in [3.8, 4) is 5.82 Å². The standard InChI is InChI=1S/C17H11ClF3N7O/c18-15-12(23-8-11-3-5-22-14-4-6-25-27(11)14)9-26-28(16(15)29)13-2-1-10(7-24-13)17(19,20)21/h1-7,9,23H,8H2. The summed E-state index contributed by atoms with van der Waals surface area (Å²) < 4.78 is 40.4. The first-order valence-corrected chi connectivity index (χ1v) is 8.55. The quantitative estimate of drug-likeness (QED) is 0.545. The minimum atomic E-state index is -4.53. The number of halogens is 4. The van der Waals surface area contributed by atoms with E-state index < -0.39 is 17.3 Å². The van der Waals surface area contributed by atoms with E-state index in [1.54, 1.807) is 29.0 Å². The van der Waals surface area contributed by atoms with Gasteiger partial charge in [-0.3, -0.25) is 4.79 Å². The average Bonchev–Trinajstić information content (AvgIpc) is 3.18. The highest BCUT2D eigenvalue weighted by Gasteiger charge is 2.30. The maximum atomic E-state index is 12.7. The Morgan fingerprint density at radius 2 is 1.86 bits per heavy atom. The first kappa shape index (κ1) is 18.9. The van der Waals surface area contributed by atoms with Gasteiger partial charge in [-0.2, -0.15) is 28.1 Å². The van der Waals surface area contributed by atoms with E-state index in [0.717, 1.165) is 22.5 Å². The Hall–Kier alpha value is -3.47. The number of aromatic nitrogens is 6. The second-order valence-corrected chi connectivity index (χ2v) is 6.26. The number of hydrogen-bond donors (Lipinski definition) is 1. The fourth-order valence-corrected chi connectivity index (χ4v) is 2.80. The molecule has 0 radical (unpaired) electrons. The van der Waals surface area contributed by atoms with Gasteiger partial charge in [-0.1, -0.05) is 11.6 Å². The van der Waals surface area contributed by atoms with Crippen LogP contribution in [0.3, 0.4) is 0 Å². The molecule has 0 saturated carbocycles. The minimum absolute atomic E-state index is 0.0798. The predicted molar refractivity (Wildman–Crippen MR) is 98.0 cm³/mol. The Morgan fingerprint density at radius 1 is 1.03 bits per heavy atom. The van der Waals surface area contributed by atoms with Crippen molar-refractivity contribution < 1.29 is 13.2 Å². The van der Waals surface area contributed by atoms with E-state index in [1.807, 2.05) is 0 Å². The van der Waals surface area contributed by atoms with Crippen molar-refractivity contribution in [1.29, 1.82) is 0 Å². The number of nitrogens with one attached hydrogen (secondary N) is 1. The highest BCUT2D eigenvalue weighted by Crippen LogP contribution is 2.28. The Bertz CT molecular complexity index is 1230. The third kappa shape index (κ3) is 3.63. The van der Waals surface area contributed by atoms with Gasteiger partial charge < -0.3 is 5.32 Å². The van der Waals surface area contributed by atoms with Gasteiger partial charge in [-0.05, 0) is 18.2 Å². The molecule has 0 unspecified atom stereocenters. The molecule has 0 aliphatic heterocycles. The van der Waals surface area contributed by atoms with Gasteiger partial charge in [0.2, 0.25) is 0 Å². The molecule has 4 rings (SSSR count). The van der Waals surface area contributed by atoms with Gasteiger partial charge in [0.25, 0.3) is 5.56 Å². The van der Waals surface area contributed by atoms with Crippen molar-refractivity contribution in [2.45, 2.75) is 12.7 Å². The number of nitrogens with zero attached hydrogens (tertiary/aromatic N) is 6. The molecular weight excluding hydrogens is 411 g/mol. The van der Waals surface area contributed by atoms with Gasteiger partial charge >= 0.3 is 6.18 Å². The van der Waals surface area contributed by atoms with Crippen LogP contribution in [0, 0.1) is 0 Å². The van der Waals surface area contributed by atoms with Crippen LogP contribution in [-0.2, 0) is 12.7 Å². The molecule has 0 bridgehead atoms. The smallest absolute Gasteiger partial charge is 0.377 e. The highest BCUT2D eigenvalue weighted by atomic mass is 35.5. The molecule has 0 aliphatic rings. The Balaban J connectivity index is 1.59. The maximum Gasteiger partial charge on any atom is 0.417 e. The summed E-state index contributed by atoms with van der Waals surface area (Å²) in [4.78, 5) is 20.3. The molecule has 0 fully saturated rings. The number of alkyl halides is 3. The molecule has 4 aromatic heterocycles. The fourth-order valence-electron chi connectivity index (χ4n) is 2.60. The van der Waals surface area contributed by atoms with E-state index in [9.17, 15) is 18.0 Å². The molecule has 12 heteroatoms. The van der Waals surface area contributed by atoms with E-state index in [1.165, 1.54) is 6.20 Å². The van der Waals surface area contributed by atoms with E-state index >= 15 is 0 Å². The Morgan fingerprint density at radius 3 is 2.59 bits per heavy atom. The van der Waals surface area contributed by atoms with Crippen LogP contribution in [0.25, 0.3) is 11.5 Å². The lowest BCUT2D eigenvalue weighted by Gasteiger charge is -2.11. The second-order valence-electron chi connectivity index (χ2n) is 5.88. The topological polar surface area (TPSA) is 90.0 Å². The molecule has 148 valence electrons. The zero-order valence-electron chi connectivity index (χ0n) is 14.4. The molecule has 29 heavy (non-hydrogen) atoms. The van der Waals surface area contributed by atoms with Crippen molar-refractivity contribution in [2.75, 3.05) is 5.32 Å². The molecular formula is C17H11ClF3N7O. The van der Waals surface area contributed by atoms with Gasteiger partial charge in [-0.25, -0.2) is 14.5 Å². The molecule has 0 aliphatic carbocycles. The van der Waals surface area contributed by atoms with Gasteiger partial charge in [0.1, 0.15) is 5.02 Å². The summed E-state index contributed by atoms with van der Waals surface area (Å²) in [6.45, 7) is 0.282. The molecule has 0 aromatic carbocycles. The molecule has 8 nitrogen and oxygen atoms in total. The van der Waals surface area contributed by atoms with Gasteiger partial charge in [0.05, 0.1) is 35.9 Å². The van der Waals surface area contributed by atoms with Crippen LogP contribution < -0.4 is 10.9 Å². The number of anilines is 1. The van der Waals surface area contributed by atoms with Crippen LogP contribution in [0.5, 0.6) is 0 Å². The SMILES string of the molecule is O=c1c(Cl)c(NCc2ccnc3ccnn23)cnn1-c1ccc(C(F)(F)F)cn1. The van der Waals surface area contributed by atoms with Crippen molar-refractivity contribution in [3.05, 3.63) is 75.7 Å². The van der Waals surface area contributed by atoms with Crippen LogP contribution >= 0.6 is 11.6 Å². The first-order valence-electron chi connectivity index (χ1n) is 8.17. The highest BCUT2D eigenvalue weighted by molar-refractivity contribution is 6.32. The van der Waals surface area contributed by atoms with Crippen LogP contribution in [0.1, 0.15) is 11.3 Å². The Kier molecular flexibility index (Phi) is 4.66. The van der Waals surface area contributed by atoms with Gasteiger partial charge in [0, 0.05) is 18.5 Å². The normalized spacial score (nSPS) is 11.7. The van der Waals surface area contributed by atoms with E-state index in [-0.39, 0.29) is 23.1 Å². The molecule has 0 saturated heterocycles. The molecule has 1 N–H and O–H groups in total. The zero-order valence-corrected chi connectivity index (χ0v) is 15.2. The first-order chi connectivity index (χ1) is 13.8. The average molecular weight is 422 g/mol. The molecule has 4 aromatic rings. The predicted octanol–water partition coefficient (Wildman–Crippen LogP) is 2.95. The van der Waals surface area contributed by atoms with E-state index in [4.69, 9.17) is 11.6 Å². The monoisotopic (exact) mass is 421 g/mol. The van der Waals surface area contributed by atoms with E-state index in [0.29, 0.717) is 11.8 Å². The summed E-state index contributed by atoms with van der Waals surface area (Å²) in [5.41, 5.74) is 0.0442. The van der Waals surface area contributed by atoms with Crippen LogP contribution in [0.2, 0.25) is 5.02 Å². The molecule has 4 heterocycles. The van der Waals surface area contributed by atoms with Crippen molar-refractivity contribution in [1.82, 2.24) is 29.4 Å². The summed E-state index contributed by atoms with van der Waals surface area (Å²) in [7, 11) is 0.